The molecule has 2 heterocycles. The molecule has 1 aliphatic heterocycles. The van der Waals surface area contributed by atoms with Gasteiger partial charge >= 0.3 is 5.97 Å². The van der Waals surface area contributed by atoms with Crippen LogP contribution in [0, 0.1) is 3.57 Å². The number of carbonyl (C=O) groups excluding carboxylic acids is 2. The summed E-state index contributed by atoms with van der Waals surface area (Å²) in [6, 6.07) is 7.54. The van der Waals surface area contributed by atoms with E-state index in [0.717, 1.165) is 9.13 Å². The van der Waals surface area contributed by atoms with Crippen molar-refractivity contribution in [3.63, 3.8) is 0 Å². The summed E-state index contributed by atoms with van der Waals surface area (Å²) >= 11 is 3.51. The number of rotatable bonds is 4. The maximum Gasteiger partial charge on any atom is 0.363 e. The standard InChI is InChI=1S/C17H14IN3O3S/c1-3-21(10(2)22)17-19-11(9-25-17)8-14-16(23)24-15(20-14)12-6-4-5-7-13(12)18/h4-9H,3H2,1-2H3/b14-8-. The minimum absolute atomic E-state index is 0.0738. The molecule has 1 aromatic carbocycles. The average molecular weight is 467 g/mol. The first-order valence-electron chi connectivity index (χ1n) is 7.50. The normalized spacial score (nSPS) is 15.2. The Kier molecular flexibility index (Phi) is 5.28. The Morgan fingerprint density at radius 2 is 2.16 bits per heavy atom. The van der Waals surface area contributed by atoms with Gasteiger partial charge in [-0.05, 0) is 47.7 Å². The van der Waals surface area contributed by atoms with Gasteiger partial charge in [-0.1, -0.05) is 12.1 Å². The summed E-state index contributed by atoms with van der Waals surface area (Å²) in [5, 5.41) is 2.37. The SMILES string of the molecule is CCN(C(C)=O)c1nc(/C=C2\N=C(c3ccccc3I)OC2=O)cs1. The van der Waals surface area contributed by atoms with Gasteiger partial charge in [0.15, 0.2) is 10.8 Å². The summed E-state index contributed by atoms with van der Waals surface area (Å²) in [7, 11) is 0. The first kappa shape index (κ1) is 17.7. The third kappa shape index (κ3) is 3.79. The van der Waals surface area contributed by atoms with Crippen LogP contribution in [0.5, 0.6) is 0 Å². The number of esters is 1. The number of thiazole rings is 1. The molecule has 128 valence electrons. The van der Waals surface area contributed by atoms with Crippen LogP contribution in [-0.2, 0) is 14.3 Å². The first-order valence-corrected chi connectivity index (χ1v) is 9.46. The molecule has 0 bridgehead atoms. The van der Waals surface area contributed by atoms with Crippen LogP contribution in [0.1, 0.15) is 25.1 Å². The van der Waals surface area contributed by atoms with Crippen molar-refractivity contribution in [2.75, 3.05) is 11.4 Å². The van der Waals surface area contributed by atoms with Crippen LogP contribution in [-0.4, -0.2) is 29.3 Å². The predicted octanol–water partition coefficient (Wildman–Crippen LogP) is 3.47. The molecule has 25 heavy (non-hydrogen) atoms. The van der Waals surface area contributed by atoms with Gasteiger partial charge in [-0.2, -0.15) is 0 Å². The van der Waals surface area contributed by atoms with Crippen molar-refractivity contribution in [2.24, 2.45) is 4.99 Å². The second-order valence-electron chi connectivity index (χ2n) is 5.13. The van der Waals surface area contributed by atoms with Gasteiger partial charge in [0.1, 0.15) is 0 Å². The van der Waals surface area contributed by atoms with Crippen LogP contribution in [0.25, 0.3) is 6.08 Å². The number of benzene rings is 1. The molecule has 6 nitrogen and oxygen atoms in total. The molecule has 2 aromatic rings. The minimum Gasteiger partial charge on any atom is -0.402 e. The lowest BCUT2D eigenvalue weighted by Gasteiger charge is -2.14. The number of anilines is 1. The van der Waals surface area contributed by atoms with Crippen LogP contribution >= 0.6 is 33.9 Å². The molecule has 0 saturated carbocycles. The number of halogens is 1. The van der Waals surface area contributed by atoms with Crippen LogP contribution in [0.4, 0.5) is 5.13 Å². The molecule has 0 aliphatic carbocycles. The highest BCUT2D eigenvalue weighted by Gasteiger charge is 2.25. The Morgan fingerprint density at radius 1 is 1.40 bits per heavy atom. The van der Waals surface area contributed by atoms with Crippen LogP contribution in [0.15, 0.2) is 40.3 Å². The number of nitrogens with zero attached hydrogens (tertiary/aromatic N) is 3. The Labute approximate surface area is 162 Å². The highest BCUT2D eigenvalue weighted by molar-refractivity contribution is 14.1. The van der Waals surface area contributed by atoms with Gasteiger partial charge < -0.3 is 4.74 Å². The molecule has 1 aliphatic rings. The van der Waals surface area contributed by atoms with E-state index in [-0.39, 0.29) is 17.5 Å². The van der Waals surface area contributed by atoms with Gasteiger partial charge in [-0.3, -0.25) is 9.69 Å². The third-order valence-corrected chi connectivity index (χ3v) is 5.27. The number of cyclic esters (lactones) is 1. The fourth-order valence-corrected chi connectivity index (χ4v) is 3.77. The molecule has 8 heteroatoms. The smallest absolute Gasteiger partial charge is 0.363 e. The van der Waals surface area contributed by atoms with Crippen molar-refractivity contribution in [1.82, 2.24) is 4.98 Å². The van der Waals surface area contributed by atoms with Gasteiger partial charge in [0.25, 0.3) is 0 Å². The van der Waals surface area contributed by atoms with Gasteiger partial charge in [0.2, 0.25) is 11.8 Å². The average Bonchev–Trinajstić information content (AvgIpc) is 3.16. The van der Waals surface area contributed by atoms with E-state index in [0.29, 0.717) is 17.4 Å². The van der Waals surface area contributed by atoms with E-state index in [1.807, 2.05) is 31.2 Å². The van der Waals surface area contributed by atoms with E-state index in [9.17, 15) is 9.59 Å². The van der Waals surface area contributed by atoms with Gasteiger partial charge in [-0.25, -0.2) is 14.8 Å². The van der Waals surface area contributed by atoms with Crippen molar-refractivity contribution in [3.8, 4) is 0 Å². The van der Waals surface area contributed by atoms with E-state index in [1.54, 1.807) is 16.4 Å². The van der Waals surface area contributed by atoms with Crippen molar-refractivity contribution in [2.45, 2.75) is 13.8 Å². The van der Waals surface area contributed by atoms with Crippen molar-refractivity contribution >= 4 is 62.9 Å². The molecule has 0 unspecified atom stereocenters. The Morgan fingerprint density at radius 3 is 2.84 bits per heavy atom. The summed E-state index contributed by atoms with van der Waals surface area (Å²) in [6.07, 6.45) is 1.57. The topological polar surface area (TPSA) is 71.9 Å². The summed E-state index contributed by atoms with van der Waals surface area (Å²) in [5.41, 5.74) is 1.53. The number of hydrogen-bond acceptors (Lipinski definition) is 6. The Balaban J connectivity index is 1.89. The van der Waals surface area contributed by atoms with E-state index < -0.39 is 5.97 Å². The zero-order valence-electron chi connectivity index (χ0n) is 13.5. The summed E-state index contributed by atoms with van der Waals surface area (Å²) in [4.78, 5) is 33.9. The molecule has 0 saturated heterocycles. The predicted molar refractivity (Wildman–Crippen MR) is 106 cm³/mol. The zero-order valence-corrected chi connectivity index (χ0v) is 16.5. The Bertz CT molecular complexity index is 904. The van der Waals surface area contributed by atoms with Gasteiger partial charge in [0.05, 0.1) is 11.3 Å². The number of aliphatic imine (C=N–C) groups is 1. The number of carbonyl (C=O) groups is 2. The molecule has 0 fully saturated rings. The van der Waals surface area contributed by atoms with E-state index in [4.69, 9.17) is 4.74 Å². The highest BCUT2D eigenvalue weighted by atomic mass is 127. The number of ether oxygens (including phenoxy) is 1. The van der Waals surface area contributed by atoms with Gasteiger partial charge in [0, 0.05) is 22.4 Å². The van der Waals surface area contributed by atoms with E-state index in [2.05, 4.69) is 32.6 Å². The lowest BCUT2D eigenvalue weighted by atomic mass is 10.2. The van der Waals surface area contributed by atoms with Crippen LogP contribution in [0.3, 0.4) is 0 Å². The maximum atomic E-state index is 12.1. The fraction of sp³-hybridized carbons (Fsp3) is 0.176. The summed E-state index contributed by atoms with van der Waals surface area (Å²) in [6.45, 7) is 3.92. The highest BCUT2D eigenvalue weighted by Crippen LogP contribution is 2.25. The number of amides is 1. The fourth-order valence-electron chi connectivity index (χ4n) is 2.26. The zero-order chi connectivity index (χ0) is 18.0. The minimum atomic E-state index is -0.511. The third-order valence-electron chi connectivity index (χ3n) is 3.45. The van der Waals surface area contributed by atoms with Crippen molar-refractivity contribution in [3.05, 3.63) is 50.2 Å². The molecule has 0 spiro atoms. The summed E-state index contributed by atoms with van der Waals surface area (Å²) in [5.74, 6) is -0.297. The monoisotopic (exact) mass is 467 g/mol. The second kappa shape index (κ2) is 7.44. The number of aromatic nitrogens is 1. The van der Waals surface area contributed by atoms with Gasteiger partial charge in [-0.15, -0.1) is 11.3 Å². The molecule has 1 amide bonds. The van der Waals surface area contributed by atoms with E-state index >= 15 is 0 Å². The Hall–Kier alpha value is -2.07. The molecular formula is C17H14IN3O3S. The lowest BCUT2D eigenvalue weighted by Crippen LogP contribution is -2.27. The first-order chi connectivity index (χ1) is 12.0. The number of hydrogen-bond donors (Lipinski definition) is 0. The van der Waals surface area contributed by atoms with Crippen LogP contribution < -0.4 is 4.90 Å². The van der Waals surface area contributed by atoms with Crippen molar-refractivity contribution in [1.29, 1.82) is 0 Å². The van der Waals surface area contributed by atoms with Crippen molar-refractivity contribution < 1.29 is 14.3 Å². The maximum absolute atomic E-state index is 12.1. The lowest BCUT2D eigenvalue weighted by molar-refractivity contribution is -0.130. The molecule has 0 atom stereocenters. The van der Waals surface area contributed by atoms with E-state index in [1.165, 1.54) is 18.3 Å². The summed E-state index contributed by atoms with van der Waals surface area (Å²) < 4.78 is 6.22. The van der Waals surface area contributed by atoms with Crippen LogP contribution in [0.2, 0.25) is 0 Å². The molecular weight excluding hydrogens is 453 g/mol. The largest absolute Gasteiger partial charge is 0.402 e. The second-order valence-corrected chi connectivity index (χ2v) is 7.13. The molecule has 3 rings (SSSR count). The molecule has 0 radical (unpaired) electrons. The molecule has 0 N–H and O–H groups in total. The quantitative estimate of drug-likeness (QED) is 0.392. The molecule has 1 aromatic heterocycles.